The monoisotopic (exact) mass is 478 g/mol. The molecule has 4 aromatic rings. The number of anilines is 2. The van der Waals surface area contributed by atoms with E-state index in [9.17, 15) is 4.79 Å². The third-order valence-electron chi connectivity index (χ3n) is 7.06. The predicted octanol–water partition coefficient (Wildman–Crippen LogP) is 6.80. The van der Waals surface area contributed by atoms with Crippen LogP contribution in [0.2, 0.25) is 0 Å². The van der Waals surface area contributed by atoms with Crippen molar-refractivity contribution < 1.29 is 4.79 Å². The summed E-state index contributed by atoms with van der Waals surface area (Å²) in [6.45, 7) is 12.1. The Morgan fingerprint density at radius 1 is 0.944 bits per heavy atom. The summed E-state index contributed by atoms with van der Waals surface area (Å²) in [5.74, 6) is 0.390. The fourth-order valence-corrected chi connectivity index (χ4v) is 5.36. The Balaban J connectivity index is 1.65. The van der Waals surface area contributed by atoms with Crippen molar-refractivity contribution in [2.75, 3.05) is 16.8 Å². The first-order valence-corrected chi connectivity index (χ1v) is 12.7. The summed E-state index contributed by atoms with van der Waals surface area (Å²) in [7, 11) is 0. The largest absolute Gasteiger partial charge is 0.366 e. The first-order chi connectivity index (χ1) is 17.3. The van der Waals surface area contributed by atoms with Gasteiger partial charge in [-0.2, -0.15) is 5.10 Å². The SMILES string of the molecule is CC(=O)Nc1ccc(-c2c3c(nn2-c2c(C)cccc2C)CCN(c2ccccc2C(C)C)C3)cc1. The molecule has 0 unspecified atom stereocenters. The lowest BCUT2D eigenvalue weighted by Crippen LogP contribution is -2.31. The second kappa shape index (κ2) is 9.65. The molecular weight excluding hydrogens is 444 g/mol. The van der Waals surface area contributed by atoms with Gasteiger partial charge in [-0.3, -0.25) is 4.79 Å². The van der Waals surface area contributed by atoms with Crippen molar-refractivity contribution in [3.05, 3.63) is 94.7 Å². The summed E-state index contributed by atoms with van der Waals surface area (Å²) in [6.07, 6.45) is 0.899. The zero-order chi connectivity index (χ0) is 25.4. The Hall–Kier alpha value is -3.86. The van der Waals surface area contributed by atoms with Crippen molar-refractivity contribution in [1.29, 1.82) is 0 Å². The fraction of sp³-hybridized carbons (Fsp3) is 0.290. The van der Waals surface area contributed by atoms with E-state index in [0.717, 1.165) is 47.8 Å². The van der Waals surface area contributed by atoms with Gasteiger partial charge in [0.15, 0.2) is 0 Å². The number of fused-ring (bicyclic) bond motifs is 1. The second-order valence-electron chi connectivity index (χ2n) is 10.1. The lowest BCUT2D eigenvalue weighted by Gasteiger charge is -2.31. The molecule has 0 radical (unpaired) electrons. The molecular formula is C31H34N4O. The molecule has 36 heavy (non-hydrogen) atoms. The van der Waals surface area contributed by atoms with Crippen LogP contribution in [-0.4, -0.2) is 22.2 Å². The molecule has 0 spiro atoms. The molecule has 0 saturated carbocycles. The number of carbonyl (C=O) groups excluding carboxylic acids is 1. The molecule has 0 saturated heterocycles. The van der Waals surface area contributed by atoms with Gasteiger partial charge in [-0.1, -0.05) is 62.4 Å². The molecule has 1 amide bonds. The van der Waals surface area contributed by atoms with Crippen molar-refractivity contribution in [2.24, 2.45) is 0 Å². The molecule has 0 fully saturated rings. The number of amides is 1. The minimum Gasteiger partial charge on any atom is -0.366 e. The van der Waals surface area contributed by atoms with Gasteiger partial charge in [-0.05, 0) is 54.7 Å². The van der Waals surface area contributed by atoms with E-state index in [2.05, 4.69) is 97.2 Å². The maximum atomic E-state index is 11.5. The van der Waals surface area contributed by atoms with Gasteiger partial charge < -0.3 is 10.2 Å². The Labute approximate surface area is 213 Å². The molecule has 1 N–H and O–H groups in total. The Bertz CT molecular complexity index is 1400. The second-order valence-corrected chi connectivity index (χ2v) is 10.1. The number of hydrogen-bond acceptors (Lipinski definition) is 3. The number of para-hydroxylation sites is 2. The van der Waals surface area contributed by atoms with E-state index in [0.29, 0.717) is 5.92 Å². The molecule has 2 heterocycles. The minimum atomic E-state index is -0.0693. The van der Waals surface area contributed by atoms with E-state index in [4.69, 9.17) is 5.10 Å². The molecule has 5 heteroatoms. The van der Waals surface area contributed by atoms with E-state index in [-0.39, 0.29) is 5.91 Å². The molecule has 3 aromatic carbocycles. The average Bonchev–Trinajstić information content (AvgIpc) is 3.22. The number of nitrogens with zero attached hydrogens (tertiary/aromatic N) is 3. The van der Waals surface area contributed by atoms with Gasteiger partial charge in [-0.15, -0.1) is 0 Å². The van der Waals surface area contributed by atoms with E-state index in [1.54, 1.807) is 0 Å². The molecule has 184 valence electrons. The normalized spacial score (nSPS) is 13.1. The fourth-order valence-electron chi connectivity index (χ4n) is 5.36. The van der Waals surface area contributed by atoms with Crippen molar-refractivity contribution in [3.63, 3.8) is 0 Å². The van der Waals surface area contributed by atoms with Crippen LogP contribution in [0.4, 0.5) is 11.4 Å². The Kier molecular flexibility index (Phi) is 6.40. The highest BCUT2D eigenvalue weighted by atomic mass is 16.1. The summed E-state index contributed by atoms with van der Waals surface area (Å²) in [5, 5.41) is 8.08. The van der Waals surface area contributed by atoms with Gasteiger partial charge in [-0.25, -0.2) is 4.68 Å². The van der Waals surface area contributed by atoms with E-state index < -0.39 is 0 Å². The van der Waals surface area contributed by atoms with E-state index >= 15 is 0 Å². The van der Waals surface area contributed by atoms with Crippen LogP contribution < -0.4 is 10.2 Å². The standard InChI is InChI=1S/C31H34N4O/c1-20(2)26-11-6-7-12-29(26)34-18-17-28-27(19-34)31(24-13-15-25(16-14-24)32-23(5)36)35(33-28)30-21(3)9-8-10-22(30)4/h6-16,20H,17-19H2,1-5H3,(H,32,36). The Morgan fingerprint density at radius 3 is 2.31 bits per heavy atom. The lowest BCUT2D eigenvalue weighted by molar-refractivity contribution is -0.114. The quantitative estimate of drug-likeness (QED) is 0.343. The Morgan fingerprint density at radius 2 is 1.64 bits per heavy atom. The van der Waals surface area contributed by atoms with Gasteiger partial charge in [0.05, 0.1) is 17.1 Å². The summed E-state index contributed by atoms with van der Waals surface area (Å²) in [6, 6.07) is 23.3. The van der Waals surface area contributed by atoms with Gasteiger partial charge in [0.2, 0.25) is 5.91 Å². The molecule has 0 aliphatic carbocycles. The van der Waals surface area contributed by atoms with Crippen LogP contribution in [0.25, 0.3) is 16.9 Å². The lowest BCUT2D eigenvalue weighted by atomic mass is 9.96. The van der Waals surface area contributed by atoms with Crippen molar-refractivity contribution in [2.45, 2.75) is 53.5 Å². The number of benzene rings is 3. The smallest absolute Gasteiger partial charge is 0.221 e. The van der Waals surface area contributed by atoms with Crippen LogP contribution in [0.15, 0.2) is 66.7 Å². The van der Waals surface area contributed by atoms with Gasteiger partial charge in [0.25, 0.3) is 0 Å². The zero-order valence-corrected chi connectivity index (χ0v) is 21.8. The van der Waals surface area contributed by atoms with Crippen LogP contribution in [0.1, 0.15) is 54.6 Å². The molecule has 0 atom stereocenters. The average molecular weight is 479 g/mol. The number of carbonyl (C=O) groups is 1. The van der Waals surface area contributed by atoms with Crippen LogP contribution >= 0.6 is 0 Å². The summed E-state index contributed by atoms with van der Waals surface area (Å²) in [4.78, 5) is 14.1. The summed E-state index contributed by atoms with van der Waals surface area (Å²) >= 11 is 0. The number of nitrogens with one attached hydrogen (secondary N) is 1. The van der Waals surface area contributed by atoms with Crippen molar-refractivity contribution in [3.8, 4) is 16.9 Å². The number of aromatic nitrogens is 2. The van der Waals surface area contributed by atoms with E-state index in [1.807, 2.05) is 12.1 Å². The first kappa shape index (κ1) is 23.9. The van der Waals surface area contributed by atoms with Gasteiger partial charge in [0, 0.05) is 48.9 Å². The maximum absolute atomic E-state index is 11.5. The number of aryl methyl sites for hydroxylation is 2. The van der Waals surface area contributed by atoms with Crippen LogP contribution in [-0.2, 0) is 17.8 Å². The highest BCUT2D eigenvalue weighted by Gasteiger charge is 2.28. The van der Waals surface area contributed by atoms with Crippen molar-refractivity contribution >= 4 is 17.3 Å². The highest BCUT2D eigenvalue weighted by molar-refractivity contribution is 5.89. The summed E-state index contributed by atoms with van der Waals surface area (Å²) < 4.78 is 2.15. The molecule has 1 aromatic heterocycles. The first-order valence-electron chi connectivity index (χ1n) is 12.7. The third-order valence-corrected chi connectivity index (χ3v) is 7.06. The third kappa shape index (κ3) is 4.41. The predicted molar refractivity (Wildman–Crippen MR) is 148 cm³/mol. The maximum Gasteiger partial charge on any atom is 0.221 e. The number of rotatable bonds is 5. The van der Waals surface area contributed by atoms with Crippen LogP contribution in [0, 0.1) is 13.8 Å². The molecule has 1 aliphatic heterocycles. The highest BCUT2D eigenvalue weighted by Crippen LogP contribution is 2.37. The van der Waals surface area contributed by atoms with Crippen LogP contribution in [0.5, 0.6) is 0 Å². The zero-order valence-electron chi connectivity index (χ0n) is 21.8. The van der Waals surface area contributed by atoms with Crippen molar-refractivity contribution in [1.82, 2.24) is 9.78 Å². The molecule has 0 bridgehead atoms. The van der Waals surface area contributed by atoms with Gasteiger partial charge in [0.1, 0.15) is 0 Å². The number of hydrogen-bond donors (Lipinski definition) is 1. The van der Waals surface area contributed by atoms with E-state index in [1.165, 1.54) is 34.9 Å². The van der Waals surface area contributed by atoms with Gasteiger partial charge >= 0.3 is 0 Å². The van der Waals surface area contributed by atoms with Crippen LogP contribution in [0.3, 0.4) is 0 Å². The molecule has 5 nitrogen and oxygen atoms in total. The molecule has 5 rings (SSSR count). The molecule has 1 aliphatic rings. The minimum absolute atomic E-state index is 0.0693. The summed E-state index contributed by atoms with van der Waals surface area (Å²) in [5.41, 5.74) is 11.7. The topological polar surface area (TPSA) is 50.2 Å².